The number of para-hydroxylation sites is 1. The number of Topliss-reactive ketones (excluding diaryl/α,β-unsaturated/α-hetero) is 1. The summed E-state index contributed by atoms with van der Waals surface area (Å²) in [4.78, 5) is 13.2. The molecule has 0 unspecified atom stereocenters. The molecule has 0 spiro atoms. The summed E-state index contributed by atoms with van der Waals surface area (Å²) < 4.78 is 6.08. The Hall–Kier alpha value is -2.61. The summed E-state index contributed by atoms with van der Waals surface area (Å²) in [5.74, 6) is 2.04. The average Bonchev–Trinajstić information content (AvgIpc) is 3.32. The first-order valence-corrected chi connectivity index (χ1v) is 10.0. The fourth-order valence-corrected chi connectivity index (χ4v) is 4.96. The Morgan fingerprint density at radius 3 is 2.67 bits per heavy atom. The maximum absolute atomic E-state index is 13.2. The molecule has 3 aromatic rings. The molecule has 0 amide bonds. The van der Waals surface area contributed by atoms with E-state index in [1.165, 1.54) is 11.1 Å². The van der Waals surface area contributed by atoms with E-state index in [-0.39, 0.29) is 5.92 Å². The summed E-state index contributed by atoms with van der Waals surface area (Å²) in [5.41, 5.74) is 6.60. The van der Waals surface area contributed by atoms with E-state index < -0.39 is 0 Å². The highest BCUT2D eigenvalue weighted by Crippen LogP contribution is 2.47. The van der Waals surface area contributed by atoms with E-state index in [9.17, 15) is 4.79 Å². The maximum Gasteiger partial charge on any atom is 0.166 e. The van der Waals surface area contributed by atoms with Gasteiger partial charge < -0.3 is 4.42 Å². The Bertz CT molecular complexity index is 1050. The first-order chi connectivity index (χ1) is 13.2. The number of hydrogen-bond donors (Lipinski definition) is 0. The Morgan fingerprint density at radius 2 is 1.85 bits per heavy atom. The van der Waals surface area contributed by atoms with Gasteiger partial charge in [-0.25, -0.2) is 0 Å². The molecule has 136 valence electrons. The van der Waals surface area contributed by atoms with Crippen LogP contribution in [-0.4, -0.2) is 5.78 Å². The maximum atomic E-state index is 13.2. The summed E-state index contributed by atoms with van der Waals surface area (Å²) in [6.07, 6.45) is 4.19. The number of carbonyl (C=O) groups excluding carboxylic acids is 1. The molecule has 0 radical (unpaired) electrons. The number of furan rings is 1. The Balaban J connectivity index is 1.67. The molecule has 2 nitrogen and oxygen atoms in total. The van der Waals surface area contributed by atoms with Crippen LogP contribution in [0.25, 0.3) is 27.9 Å². The summed E-state index contributed by atoms with van der Waals surface area (Å²) in [6, 6.07) is 16.6. The van der Waals surface area contributed by atoms with Gasteiger partial charge in [-0.1, -0.05) is 42.8 Å². The molecule has 1 aromatic heterocycles. The highest BCUT2D eigenvalue weighted by molar-refractivity contribution is 6.24. The zero-order valence-electron chi connectivity index (χ0n) is 15.9. The molecule has 1 heterocycles. The van der Waals surface area contributed by atoms with Crippen LogP contribution in [-0.2, 0) is 11.2 Å². The quantitative estimate of drug-likeness (QED) is 0.541. The number of hydrogen-bond acceptors (Lipinski definition) is 2. The van der Waals surface area contributed by atoms with Crippen molar-refractivity contribution in [2.45, 2.75) is 39.5 Å². The van der Waals surface area contributed by atoms with Crippen molar-refractivity contribution in [3.05, 3.63) is 65.2 Å². The highest BCUT2D eigenvalue weighted by Gasteiger charge is 2.39. The van der Waals surface area contributed by atoms with Crippen LogP contribution in [0.3, 0.4) is 0 Å². The molecule has 2 heteroatoms. The molecule has 0 saturated heterocycles. The lowest BCUT2D eigenvalue weighted by molar-refractivity contribution is -0.117. The summed E-state index contributed by atoms with van der Waals surface area (Å²) in [6.45, 7) is 4.34. The molecular weight excluding hydrogens is 332 g/mol. The van der Waals surface area contributed by atoms with Crippen LogP contribution in [0, 0.1) is 11.8 Å². The molecule has 5 rings (SSSR count). The number of benzene rings is 2. The van der Waals surface area contributed by atoms with Crippen molar-refractivity contribution in [2.75, 3.05) is 0 Å². The average molecular weight is 356 g/mol. The zero-order valence-corrected chi connectivity index (χ0v) is 15.9. The van der Waals surface area contributed by atoms with E-state index in [2.05, 4.69) is 44.2 Å². The third-order valence-corrected chi connectivity index (χ3v) is 6.53. The number of aryl methyl sites for hydroxylation is 1. The van der Waals surface area contributed by atoms with E-state index in [1.54, 1.807) is 0 Å². The van der Waals surface area contributed by atoms with Crippen LogP contribution >= 0.6 is 0 Å². The molecule has 2 aliphatic carbocycles. The van der Waals surface area contributed by atoms with Gasteiger partial charge in [-0.15, -0.1) is 0 Å². The normalized spacial score (nSPS) is 22.1. The van der Waals surface area contributed by atoms with Crippen molar-refractivity contribution in [3.63, 3.8) is 0 Å². The van der Waals surface area contributed by atoms with Gasteiger partial charge in [-0.05, 0) is 67.9 Å². The minimum atomic E-state index is 0.230. The van der Waals surface area contributed by atoms with Gasteiger partial charge in [0.05, 0.1) is 0 Å². The van der Waals surface area contributed by atoms with Crippen molar-refractivity contribution in [1.29, 1.82) is 0 Å². The smallest absolute Gasteiger partial charge is 0.166 e. The van der Waals surface area contributed by atoms with Crippen molar-refractivity contribution >= 4 is 22.3 Å². The Labute approximate surface area is 159 Å². The van der Waals surface area contributed by atoms with E-state index in [1.807, 2.05) is 18.2 Å². The Morgan fingerprint density at radius 1 is 1.04 bits per heavy atom. The number of allylic oxidation sites excluding steroid dienone is 2. The molecule has 27 heavy (non-hydrogen) atoms. The largest absolute Gasteiger partial charge is 0.456 e. The number of fused-ring (bicyclic) bond motifs is 3. The predicted molar refractivity (Wildman–Crippen MR) is 109 cm³/mol. The number of ketones is 1. The lowest BCUT2D eigenvalue weighted by atomic mass is 9.78. The fourth-order valence-electron chi connectivity index (χ4n) is 4.96. The minimum Gasteiger partial charge on any atom is -0.456 e. The summed E-state index contributed by atoms with van der Waals surface area (Å²) in [7, 11) is 0. The molecule has 2 atom stereocenters. The number of rotatable bonds is 3. The molecule has 0 N–H and O–H groups in total. The predicted octanol–water partition coefficient (Wildman–Crippen LogP) is 6.43. The topological polar surface area (TPSA) is 30.2 Å². The van der Waals surface area contributed by atoms with Crippen molar-refractivity contribution in [3.8, 4) is 11.3 Å². The van der Waals surface area contributed by atoms with Crippen LogP contribution < -0.4 is 0 Å². The van der Waals surface area contributed by atoms with Crippen molar-refractivity contribution < 1.29 is 9.21 Å². The third kappa shape index (κ3) is 2.58. The lowest BCUT2D eigenvalue weighted by Gasteiger charge is -2.25. The van der Waals surface area contributed by atoms with Gasteiger partial charge in [0.25, 0.3) is 0 Å². The van der Waals surface area contributed by atoms with Gasteiger partial charge in [-0.3, -0.25) is 4.79 Å². The first kappa shape index (κ1) is 16.6. The van der Waals surface area contributed by atoms with E-state index in [4.69, 9.17) is 4.42 Å². The molecule has 1 fully saturated rings. The van der Waals surface area contributed by atoms with Crippen molar-refractivity contribution in [1.82, 2.24) is 0 Å². The highest BCUT2D eigenvalue weighted by atomic mass is 16.3. The van der Waals surface area contributed by atoms with Crippen LogP contribution in [0.2, 0.25) is 0 Å². The van der Waals surface area contributed by atoms with E-state index in [0.717, 1.165) is 59.1 Å². The minimum absolute atomic E-state index is 0.230. The molecule has 2 bridgehead atoms. The monoisotopic (exact) mass is 356 g/mol. The molecule has 2 aliphatic rings. The zero-order chi connectivity index (χ0) is 18.5. The van der Waals surface area contributed by atoms with Crippen LogP contribution in [0.5, 0.6) is 0 Å². The molecular formula is C25H24O2. The van der Waals surface area contributed by atoms with Crippen LogP contribution in [0.4, 0.5) is 0 Å². The van der Waals surface area contributed by atoms with Gasteiger partial charge in [0, 0.05) is 22.4 Å². The summed E-state index contributed by atoms with van der Waals surface area (Å²) >= 11 is 0. The van der Waals surface area contributed by atoms with Gasteiger partial charge >= 0.3 is 0 Å². The SMILES string of the molecule is CCc1ccc(-c2cc3ccccc3o2)cc1C1=C(C)[C@H]2CC[C@H](C2)C1=O. The van der Waals surface area contributed by atoms with Crippen molar-refractivity contribution in [2.24, 2.45) is 11.8 Å². The van der Waals surface area contributed by atoms with E-state index >= 15 is 0 Å². The molecule has 0 aliphatic heterocycles. The summed E-state index contributed by atoms with van der Waals surface area (Å²) in [5, 5.41) is 1.11. The second-order valence-electron chi connectivity index (χ2n) is 8.00. The first-order valence-electron chi connectivity index (χ1n) is 10.0. The van der Waals surface area contributed by atoms with Gasteiger partial charge in [0.2, 0.25) is 0 Å². The van der Waals surface area contributed by atoms with Gasteiger partial charge in [-0.2, -0.15) is 0 Å². The van der Waals surface area contributed by atoms with Gasteiger partial charge in [0.15, 0.2) is 5.78 Å². The lowest BCUT2D eigenvalue weighted by Crippen LogP contribution is -2.21. The number of carbonyl (C=O) groups is 1. The molecule has 1 saturated carbocycles. The standard InChI is InChI=1S/C25H24O2/c1-3-16-8-10-19(23-14-18-6-4-5-7-22(18)27-23)13-21(16)24-15(2)17-9-11-20(12-17)25(24)26/h4-8,10,13-14,17,20H,3,9,11-12H2,1-2H3/t17-,20+/m0/s1. The second-order valence-corrected chi connectivity index (χ2v) is 8.00. The van der Waals surface area contributed by atoms with Crippen LogP contribution in [0.15, 0.2) is 58.5 Å². The van der Waals surface area contributed by atoms with E-state index in [0.29, 0.717) is 11.7 Å². The second kappa shape index (κ2) is 6.23. The van der Waals surface area contributed by atoms with Crippen LogP contribution in [0.1, 0.15) is 44.2 Å². The molecule has 2 aromatic carbocycles. The van der Waals surface area contributed by atoms with Gasteiger partial charge in [0.1, 0.15) is 11.3 Å². The Kier molecular flexibility index (Phi) is 3.82. The fraction of sp³-hybridized carbons (Fsp3) is 0.320. The third-order valence-electron chi connectivity index (χ3n) is 6.53.